The number of fused-ring (bicyclic) bond motifs is 1. The highest BCUT2D eigenvalue weighted by Crippen LogP contribution is 2.28. The molecule has 120 valence electrons. The van der Waals surface area contributed by atoms with Crippen LogP contribution >= 0.6 is 0 Å². The Balaban J connectivity index is 1.65. The molecule has 4 heteroatoms. The standard InChI is InChI=1S/C19H21FN2O/c1-13-7-8-16(11-18(13)20)21-19(23)12-22-10-9-15-5-3-4-6-17(15)14(22)2/h3-8,11,14H,9-10,12H2,1-2H3,(H,21,23). The van der Waals surface area contributed by atoms with Crippen LogP contribution in [0.15, 0.2) is 42.5 Å². The van der Waals surface area contributed by atoms with Gasteiger partial charge in [0.2, 0.25) is 5.91 Å². The van der Waals surface area contributed by atoms with Gasteiger partial charge in [-0.1, -0.05) is 30.3 Å². The van der Waals surface area contributed by atoms with Gasteiger partial charge in [-0.3, -0.25) is 9.69 Å². The van der Waals surface area contributed by atoms with E-state index in [0.29, 0.717) is 17.8 Å². The molecule has 0 bridgehead atoms. The fourth-order valence-electron chi connectivity index (χ4n) is 3.10. The zero-order valence-electron chi connectivity index (χ0n) is 13.5. The summed E-state index contributed by atoms with van der Waals surface area (Å²) >= 11 is 0. The zero-order valence-corrected chi connectivity index (χ0v) is 13.5. The van der Waals surface area contributed by atoms with Crippen molar-refractivity contribution in [3.8, 4) is 0 Å². The van der Waals surface area contributed by atoms with Crippen molar-refractivity contribution in [3.05, 3.63) is 65.0 Å². The summed E-state index contributed by atoms with van der Waals surface area (Å²) in [6, 6.07) is 13.3. The summed E-state index contributed by atoms with van der Waals surface area (Å²) in [5.74, 6) is -0.414. The smallest absolute Gasteiger partial charge is 0.238 e. The lowest BCUT2D eigenvalue weighted by Crippen LogP contribution is -2.39. The van der Waals surface area contributed by atoms with Crippen molar-refractivity contribution >= 4 is 11.6 Å². The van der Waals surface area contributed by atoms with Crippen LogP contribution in [0.5, 0.6) is 0 Å². The number of hydrogen-bond acceptors (Lipinski definition) is 2. The van der Waals surface area contributed by atoms with E-state index < -0.39 is 0 Å². The molecule has 0 fully saturated rings. The molecule has 0 spiro atoms. The molecular weight excluding hydrogens is 291 g/mol. The number of carbonyl (C=O) groups is 1. The molecule has 1 aliphatic rings. The molecule has 1 atom stereocenters. The molecule has 2 aromatic carbocycles. The molecule has 1 aliphatic heterocycles. The van der Waals surface area contributed by atoms with Gasteiger partial charge in [-0.15, -0.1) is 0 Å². The Kier molecular flexibility index (Phi) is 4.44. The predicted molar refractivity (Wildman–Crippen MR) is 89.9 cm³/mol. The lowest BCUT2D eigenvalue weighted by molar-refractivity contribution is -0.117. The maximum atomic E-state index is 13.6. The van der Waals surface area contributed by atoms with Crippen LogP contribution in [-0.2, 0) is 11.2 Å². The van der Waals surface area contributed by atoms with Gasteiger partial charge in [-0.2, -0.15) is 0 Å². The molecule has 1 N–H and O–H groups in total. The Hall–Kier alpha value is -2.20. The topological polar surface area (TPSA) is 32.3 Å². The van der Waals surface area contributed by atoms with Crippen molar-refractivity contribution in [2.45, 2.75) is 26.3 Å². The molecule has 0 radical (unpaired) electrons. The van der Waals surface area contributed by atoms with Crippen LogP contribution in [0, 0.1) is 12.7 Å². The normalized spacial score (nSPS) is 17.6. The highest BCUT2D eigenvalue weighted by Gasteiger charge is 2.24. The van der Waals surface area contributed by atoms with Crippen LogP contribution in [0.2, 0.25) is 0 Å². The number of rotatable bonds is 3. The lowest BCUT2D eigenvalue weighted by Gasteiger charge is -2.34. The molecule has 0 aromatic heterocycles. The predicted octanol–water partition coefficient (Wildman–Crippen LogP) is 3.69. The summed E-state index contributed by atoms with van der Waals surface area (Å²) in [7, 11) is 0. The number of halogens is 1. The number of amides is 1. The molecule has 3 nitrogen and oxygen atoms in total. The second kappa shape index (κ2) is 6.50. The van der Waals surface area contributed by atoms with E-state index in [0.717, 1.165) is 13.0 Å². The number of aryl methyl sites for hydroxylation is 1. The third kappa shape index (κ3) is 3.42. The van der Waals surface area contributed by atoms with Gasteiger partial charge in [0, 0.05) is 18.3 Å². The first-order valence-corrected chi connectivity index (χ1v) is 7.92. The Bertz CT molecular complexity index is 729. The number of hydrogen-bond donors (Lipinski definition) is 1. The fraction of sp³-hybridized carbons (Fsp3) is 0.316. The molecule has 1 heterocycles. The van der Waals surface area contributed by atoms with E-state index in [1.165, 1.54) is 17.2 Å². The van der Waals surface area contributed by atoms with Crippen LogP contribution in [0.3, 0.4) is 0 Å². The first-order valence-electron chi connectivity index (χ1n) is 7.92. The number of anilines is 1. The van der Waals surface area contributed by atoms with Gasteiger partial charge in [0.05, 0.1) is 6.54 Å². The molecule has 23 heavy (non-hydrogen) atoms. The fourth-order valence-corrected chi connectivity index (χ4v) is 3.10. The number of carbonyl (C=O) groups excluding carboxylic acids is 1. The van der Waals surface area contributed by atoms with E-state index >= 15 is 0 Å². The van der Waals surface area contributed by atoms with E-state index in [-0.39, 0.29) is 17.8 Å². The summed E-state index contributed by atoms with van der Waals surface area (Å²) < 4.78 is 13.6. The van der Waals surface area contributed by atoms with Gasteiger partial charge in [0.1, 0.15) is 5.82 Å². The average molecular weight is 312 g/mol. The van der Waals surface area contributed by atoms with Gasteiger partial charge in [-0.05, 0) is 49.1 Å². The second-order valence-corrected chi connectivity index (χ2v) is 6.11. The molecule has 2 aromatic rings. The monoisotopic (exact) mass is 312 g/mol. The SMILES string of the molecule is Cc1ccc(NC(=O)CN2CCc3ccccc3C2C)cc1F. The van der Waals surface area contributed by atoms with Crippen LogP contribution in [0.25, 0.3) is 0 Å². The lowest BCUT2D eigenvalue weighted by atomic mass is 9.94. The minimum atomic E-state index is -0.303. The van der Waals surface area contributed by atoms with Gasteiger partial charge in [0.15, 0.2) is 0 Å². The summed E-state index contributed by atoms with van der Waals surface area (Å²) in [6.45, 7) is 4.99. The molecule has 0 saturated carbocycles. The van der Waals surface area contributed by atoms with E-state index in [1.807, 2.05) is 6.07 Å². The van der Waals surface area contributed by atoms with E-state index in [4.69, 9.17) is 0 Å². The molecule has 3 rings (SSSR count). The molecular formula is C19H21FN2O. The first-order chi connectivity index (χ1) is 11.0. The van der Waals surface area contributed by atoms with Gasteiger partial charge < -0.3 is 5.32 Å². The minimum absolute atomic E-state index is 0.112. The Morgan fingerprint density at radius 3 is 2.87 bits per heavy atom. The highest BCUT2D eigenvalue weighted by molar-refractivity contribution is 5.92. The zero-order chi connectivity index (χ0) is 16.4. The van der Waals surface area contributed by atoms with Gasteiger partial charge >= 0.3 is 0 Å². The van der Waals surface area contributed by atoms with Crippen LogP contribution in [0.1, 0.15) is 29.7 Å². The highest BCUT2D eigenvalue weighted by atomic mass is 19.1. The van der Waals surface area contributed by atoms with Crippen molar-refractivity contribution in [1.29, 1.82) is 0 Å². The Morgan fingerprint density at radius 1 is 1.30 bits per heavy atom. The van der Waals surface area contributed by atoms with Crippen molar-refractivity contribution in [3.63, 3.8) is 0 Å². The second-order valence-electron chi connectivity index (χ2n) is 6.11. The minimum Gasteiger partial charge on any atom is -0.325 e. The molecule has 0 aliphatic carbocycles. The quantitative estimate of drug-likeness (QED) is 0.937. The summed E-state index contributed by atoms with van der Waals surface area (Å²) in [5.41, 5.74) is 3.72. The van der Waals surface area contributed by atoms with E-state index in [9.17, 15) is 9.18 Å². The number of nitrogens with zero attached hydrogens (tertiary/aromatic N) is 1. The maximum Gasteiger partial charge on any atom is 0.238 e. The largest absolute Gasteiger partial charge is 0.325 e. The summed E-state index contributed by atoms with van der Waals surface area (Å²) in [6.07, 6.45) is 0.951. The Morgan fingerprint density at radius 2 is 2.09 bits per heavy atom. The van der Waals surface area contributed by atoms with Crippen molar-refractivity contribution in [1.82, 2.24) is 4.90 Å². The molecule has 1 amide bonds. The van der Waals surface area contributed by atoms with Crippen LogP contribution < -0.4 is 5.32 Å². The maximum absolute atomic E-state index is 13.6. The van der Waals surface area contributed by atoms with E-state index in [2.05, 4.69) is 35.3 Å². The number of nitrogens with one attached hydrogen (secondary N) is 1. The molecule has 0 saturated heterocycles. The van der Waals surface area contributed by atoms with Crippen LogP contribution in [0.4, 0.5) is 10.1 Å². The third-order valence-corrected chi connectivity index (χ3v) is 4.52. The van der Waals surface area contributed by atoms with Gasteiger partial charge in [-0.25, -0.2) is 4.39 Å². The summed E-state index contributed by atoms with van der Waals surface area (Å²) in [4.78, 5) is 14.4. The van der Waals surface area contributed by atoms with Crippen molar-refractivity contribution in [2.24, 2.45) is 0 Å². The van der Waals surface area contributed by atoms with Gasteiger partial charge in [0.25, 0.3) is 0 Å². The first kappa shape index (κ1) is 15.7. The summed E-state index contributed by atoms with van der Waals surface area (Å²) in [5, 5.41) is 2.78. The van der Waals surface area contributed by atoms with Crippen molar-refractivity contribution < 1.29 is 9.18 Å². The third-order valence-electron chi connectivity index (χ3n) is 4.52. The molecule has 1 unspecified atom stereocenters. The average Bonchev–Trinajstić information content (AvgIpc) is 2.54. The van der Waals surface area contributed by atoms with E-state index in [1.54, 1.807) is 19.1 Å². The van der Waals surface area contributed by atoms with Crippen molar-refractivity contribution in [2.75, 3.05) is 18.4 Å². The van der Waals surface area contributed by atoms with Crippen LogP contribution in [-0.4, -0.2) is 23.9 Å². The Labute approximate surface area is 136 Å². The number of benzene rings is 2.